The molecule has 1 amide bonds. The van der Waals surface area contributed by atoms with Crippen LogP contribution < -0.4 is 4.74 Å². The number of rotatable bonds is 6. The SMILES string of the molecule is O=C(c1ccc(COc2cccc3ccccc23)o1)N1CCN(Cc2cccnc2)CC1. The van der Waals surface area contributed by atoms with E-state index in [4.69, 9.17) is 9.15 Å². The van der Waals surface area contributed by atoms with Crippen LogP contribution in [-0.4, -0.2) is 46.9 Å². The summed E-state index contributed by atoms with van der Waals surface area (Å²) in [6.07, 6.45) is 3.67. The van der Waals surface area contributed by atoms with Crippen LogP contribution in [0.3, 0.4) is 0 Å². The van der Waals surface area contributed by atoms with Gasteiger partial charge in [-0.15, -0.1) is 0 Å². The highest BCUT2D eigenvalue weighted by atomic mass is 16.5. The van der Waals surface area contributed by atoms with Crippen molar-refractivity contribution < 1.29 is 13.9 Å². The molecular formula is C26H25N3O3. The minimum absolute atomic E-state index is 0.0672. The van der Waals surface area contributed by atoms with Crippen molar-refractivity contribution in [3.8, 4) is 5.75 Å². The first kappa shape index (κ1) is 20.3. The number of hydrogen-bond donors (Lipinski definition) is 0. The number of carbonyl (C=O) groups excluding carboxylic acids is 1. The second-order valence-corrected chi connectivity index (χ2v) is 7.96. The van der Waals surface area contributed by atoms with Gasteiger partial charge in [0, 0.05) is 50.5 Å². The predicted molar refractivity (Wildman–Crippen MR) is 122 cm³/mol. The van der Waals surface area contributed by atoms with Crippen LogP contribution in [0.1, 0.15) is 21.9 Å². The number of hydrogen-bond acceptors (Lipinski definition) is 5. The average Bonchev–Trinajstić information content (AvgIpc) is 3.32. The molecule has 3 heterocycles. The van der Waals surface area contributed by atoms with E-state index in [0.29, 0.717) is 24.6 Å². The number of fused-ring (bicyclic) bond motifs is 1. The first-order valence-corrected chi connectivity index (χ1v) is 10.9. The Balaban J connectivity index is 1.16. The fourth-order valence-electron chi connectivity index (χ4n) is 4.06. The summed E-state index contributed by atoms with van der Waals surface area (Å²) in [7, 11) is 0. The summed E-state index contributed by atoms with van der Waals surface area (Å²) >= 11 is 0. The lowest BCUT2D eigenvalue weighted by molar-refractivity contribution is 0.0594. The quantitative estimate of drug-likeness (QED) is 0.458. The van der Waals surface area contributed by atoms with Crippen LogP contribution in [-0.2, 0) is 13.2 Å². The van der Waals surface area contributed by atoms with Crippen molar-refractivity contribution in [2.24, 2.45) is 0 Å². The van der Waals surface area contributed by atoms with E-state index >= 15 is 0 Å². The molecule has 0 aliphatic carbocycles. The molecule has 1 aliphatic heterocycles. The summed E-state index contributed by atoms with van der Waals surface area (Å²) in [5.41, 5.74) is 1.19. The van der Waals surface area contributed by atoms with E-state index in [-0.39, 0.29) is 12.5 Å². The van der Waals surface area contributed by atoms with Crippen molar-refractivity contribution in [1.82, 2.24) is 14.8 Å². The molecule has 162 valence electrons. The van der Waals surface area contributed by atoms with Crippen LogP contribution >= 0.6 is 0 Å². The van der Waals surface area contributed by atoms with Crippen molar-refractivity contribution >= 4 is 16.7 Å². The number of ether oxygens (including phenoxy) is 1. The Morgan fingerprint density at radius 3 is 2.62 bits per heavy atom. The van der Waals surface area contributed by atoms with Gasteiger partial charge in [-0.25, -0.2) is 0 Å². The summed E-state index contributed by atoms with van der Waals surface area (Å²) < 4.78 is 11.8. The number of aromatic nitrogens is 1. The van der Waals surface area contributed by atoms with Crippen molar-refractivity contribution in [2.45, 2.75) is 13.2 Å². The lowest BCUT2D eigenvalue weighted by atomic mass is 10.1. The van der Waals surface area contributed by atoms with E-state index in [2.05, 4.69) is 28.1 Å². The molecule has 0 spiro atoms. The molecule has 6 nitrogen and oxygen atoms in total. The highest BCUT2D eigenvalue weighted by molar-refractivity contribution is 5.91. The molecule has 0 unspecified atom stereocenters. The van der Waals surface area contributed by atoms with Gasteiger partial charge < -0.3 is 14.1 Å². The van der Waals surface area contributed by atoms with Gasteiger partial charge in [0.05, 0.1) is 0 Å². The normalized spacial score (nSPS) is 14.6. The van der Waals surface area contributed by atoms with Gasteiger partial charge >= 0.3 is 0 Å². The second kappa shape index (κ2) is 9.24. The average molecular weight is 428 g/mol. The van der Waals surface area contributed by atoms with E-state index < -0.39 is 0 Å². The Bertz CT molecular complexity index is 1190. The van der Waals surface area contributed by atoms with Crippen molar-refractivity contribution in [3.05, 3.63) is 96.2 Å². The molecule has 2 aromatic heterocycles. The van der Waals surface area contributed by atoms with Crippen LogP contribution in [0.2, 0.25) is 0 Å². The fourth-order valence-corrected chi connectivity index (χ4v) is 4.06. The monoisotopic (exact) mass is 427 g/mol. The first-order chi connectivity index (χ1) is 15.8. The molecular weight excluding hydrogens is 402 g/mol. The number of benzene rings is 2. The van der Waals surface area contributed by atoms with Gasteiger partial charge in [0.2, 0.25) is 0 Å². The third kappa shape index (κ3) is 4.50. The topological polar surface area (TPSA) is 58.8 Å². The van der Waals surface area contributed by atoms with Gasteiger partial charge in [-0.2, -0.15) is 0 Å². The zero-order valence-electron chi connectivity index (χ0n) is 17.8. The molecule has 5 rings (SSSR count). The largest absolute Gasteiger partial charge is 0.485 e. The molecule has 1 fully saturated rings. The van der Waals surface area contributed by atoms with Crippen LogP contribution in [0.25, 0.3) is 10.8 Å². The van der Waals surface area contributed by atoms with Gasteiger partial charge in [-0.1, -0.05) is 42.5 Å². The molecule has 0 bridgehead atoms. The zero-order valence-corrected chi connectivity index (χ0v) is 17.8. The predicted octanol–water partition coefficient (Wildman–Crippen LogP) is 4.36. The zero-order chi connectivity index (χ0) is 21.8. The summed E-state index contributed by atoms with van der Waals surface area (Å²) in [6.45, 7) is 4.16. The maximum absolute atomic E-state index is 12.9. The minimum atomic E-state index is -0.0672. The minimum Gasteiger partial charge on any atom is -0.485 e. The Hall–Kier alpha value is -3.64. The Morgan fingerprint density at radius 2 is 1.78 bits per heavy atom. The summed E-state index contributed by atoms with van der Waals surface area (Å²) in [4.78, 5) is 21.3. The van der Waals surface area contributed by atoms with E-state index in [1.165, 1.54) is 5.56 Å². The smallest absolute Gasteiger partial charge is 0.289 e. The van der Waals surface area contributed by atoms with Gasteiger partial charge in [0.15, 0.2) is 5.76 Å². The second-order valence-electron chi connectivity index (χ2n) is 7.96. The molecule has 2 aromatic carbocycles. The third-order valence-corrected chi connectivity index (χ3v) is 5.78. The molecule has 1 saturated heterocycles. The van der Waals surface area contributed by atoms with Gasteiger partial charge in [-0.3, -0.25) is 14.7 Å². The van der Waals surface area contributed by atoms with Crippen molar-refractivity contribution in [2.75, 3.05) is 26.2 Å². The molecule has 4 aromatic rings. The molecule has 32 heavy (non-hydrogen) atoms. The Morgan fingerprint density at radius 1 is 0.938 bits per heavy atom. The van der Waals surface area contributed by atoms with E-state index in [1.807, 2.05) is 53.6 Å². The number of carbonyl (C=O) groups is 1. The number of nitrogens with zero attached hydrogens (tertiary/aromatic N) is 3. The fraction of sp³-hybridized carbons (Fsp3) is 0.231. The molecule has 0 radical (unpaired) electrons. The number of amides is 1. The number of piperazine rings is 1. The summed E-state index contributed by atoms with van der Waals surface area (Å²) in [6, 6.07) is 21.7. The highest BCUT2D eigenvalue weighted by Gasteiger charge is 2.24. The van der Waals surface area contributed by atoms with Crippen molar-refractivity contribution in [3.63, 3.8) is 0 Å². The number of pyridine rings is 1. The van der Waals surface area contributed by atoms with Crippen LogP contribution in [0, 0.1) is 0 Å². The van der Waals surface area contributed by atoms with Crippen LogP contribution in [0.15, 0.2) is 83.5 Å². The van der Waals surface area contributed by atoms with Crippen LogP contribution in [0.5, 0.6) is 5.75 Å². The van der Waals surface area contributed by atoms with Gasteiger partial charge in [0.25, 0.3) is 5.91 Å². The lowest BCUT2D eigenvalue weighted by Crippen LogP contribution is -2.48. The highest BCUT2D eigenvalue weighted by Crippen LogP contribution is 2.26. The van der Waals surface area contributed by atoms with Crippen molar-refractivity contribution in [1.29, 1.82) is 0 Å². The van der Waals surface area contributed by atoms with Crippen LogP contribution in [0.4, 0.5) is 0 Å². The standard InChI is InChI=1S/C26H25N3O3/c30-26(29-15-13-28(14-16-29)18-20-5-4-12-27-17-20)25-11-10-22(32-25)19-31-24-9-3-7-21-6-1-2-8-23(21)24/h1-12,17H,13-16,18-19H2. The first-order valence-electron chi connectivity index (χ1n) is 10.9. The van der Waals surface area contributed by atoms with E-state index in [0.717, 1.165) is 36.2 Å². The molecule has 0 N–H and O–H groups in total. The maximum atomic E-state index is 12.9. The van der Waals surface area contributed by atoms with E-state index in [9.17, 15) is 4.79 Å². The molecule has 0 atom stereocenters. The van der Waals surface area contributed by atoms with Gasteiger partial charge in [0.1, 0.15) is 18.1 Å². The third-order valence-electron chi connectivity index (χ3n) is 5.78. The number of furan rings is 1. The molecule has 6 heteroatoms. The Kier molecular flexibility index (Phi) is 5.85. The lowest BCUT2D eigenvalue weighted by Gasteiger charge is -2.34. The van der Waals surface area contributed by atoms with E-state index in [1.54, 1.807) is 12.3 Å². The Labute approximate surface area is 187 Å². The molecule has 1 aliphatic rings. The summed E-state index contributed by atoms with van der Waals surface area (Å²) in [5.74, 6) is 1.73. The maximum Gasteiger partial charge on any atom is 0.289 e. The summed E-state index contributed by atoms with van der Waals surface area (Å²) in [5, 5.41) is 2.19. The van der Waals surface area contributed by atoms with Gasteiger partial charge in [-0.05, 0) is 35.2 Å². The molecule has 0 saturated carbocycles.